The van der Waals surface area contributed by atoms with Gasteiger partial charge in [-0.3, -0.25) is 0 Å². The topological polar surface area (TPSA) is 64.9 Å². The summed E-state index contributed by atoms with van der Waals surface area (Å²) in [4.78, 5) is 0. The second-order valence-electron chi connectivity index (χ2n) is 3.91. The molecule has 86 valence electrons. The molecule has 0 spiro atoms. The molecule has 0 bridgehead atoms. The monoisotopic (exact) mass is 211 g/mol. The molecule has 4 heteroatoms. The van der Waals surface area contributed by atoms with Gasteiger partial charge in [-0.1, -0.05) is 50.5 Å². The summed E-state index contributed by atoms with van der Waals surface area (Å²) in [5.74, 6) is 0.668. The van der Waals surface area contributed by atoms with E-state index in [-0.39, 0.29) is 6.01 Å². The molecule has 0 saturated heterocycles. The Balaban J connectivity index is 1.93. The minimum absolute atomic E-state index is 0.174. The van der Waals surface area contributed by atoms with Gasteiger partial charge < -0.3 is 10.2 Å². The minimum Gasteiger partial charge on any atom is -0.408 e. The number of hydrogen-bond donors (Lipinski definition) is 1. The fourth-order valence-corrected chi connectivity index (χ4v) is 1.60. The van der Waals surface area contributed by atoms with Gasteiger partial charge in [-0.05, 0) is 6.42 Å². The highest BCUT2D eigenvalue weighted by Crippen LogP contribution is 2.10. The first-order valence-electron chi connectivity index (χ1n) is 5.90. The van der Waals surface area contributed by atoms with E-state index >= 15 is 0 Å². The van der Waals surface area contributed by atoms with Crippen molar-refractivity contribution in [3.63, 3.8) is 0 Å². The Morgan fingerprint density at radius 2 is 1.67 bits per heavy atom. The number of aryl methyl sites for hydroxylation is 1. The van der Waals surface area contributed by atoms with Crippen molar-refractivity contribution in [1.82, 2.24) is 10.2 Å². The van der Waals surface area contributed by atoms with E-state index < -0.39 is 0 Å². The van der Waals surface area contributed by atoms with Gasteiger partial charge in [0.25, 0.3) is 0 Å². The third-order valence-electron chi connectivity index (χ3n) is 2.48. The molecule has 0 radical (unpaired) electrons. The van der Waals surface area contributed by atoms with E-state index in [1.54, 1.807) is 0 Å². The fraction of sp³-hybridized carbons (Fsp3) is 0.818. The standard InChI is InChI=1S/C11H21N3O/c1-2-3-4-5-6-7-8-9-10-13-14-11(12)15-10/h2-9H2,1H3,(H2,12,14). The summed E-state index contributed by atoms with van der Waals surface area (Å²) in [6.45, 7) is 2.24. The first-order chi connectivity index (χ1) is 7.33. The number of nitrogens with zero attached hydrogens (tertiary/aromatic N) is 2. The molecule has 1 heterocycles. The lowest BCUT2D eigenvalue weighted by Crippen LogP contribution is -1.86. The van der Waals surface area contributed by atoms with Gasteiger partial charge >= 0.3 is 6.01 Å². The summed E-state index contributed by atoms with van der Waals surface area (Å²) >= 11 is 0. The van der Waals surface area contributed by atoms with Crippen molar-refractivity contribution in [2.24, 2.45) is 0 Å². The maximum Gasteiger partial charge on any atom is 0.312 e. The van der Waals surface area contributed by atoms with Gasteiger partial charge in [0.05, 0.1) is 0 Å². The molecule has 2 N–H and O–H groups in total. The van der Waals surface area contributed by atoms with Crippen LogP contribution in [0, 0.1) is 0 Å². The van der Waals surface area contributed by atoms with E-state index in [0.29, 0.717) is 5.89 Å². The molecular formula is C11H21N3O. The zero-order valence-electron chi connectivity index (χ0n) is 9.54. The summed E-state index contributed by atoms with van der Waals surface area (Å²) in [6, 6.07) is 0.174. The van der Waals surface area contributed by atoms with Crippen LogP contribution in [0.3, 0.4) is 0 Å². The Hall–Kier alpha value is -1.06. The molecule has 0 atom stereocenters. The van der Waals surface area contributed by atoms with E-state index in [1.165, 1.54) is 38.5 Å². The molecule has 0 aliphatic carbocycles. The highest BCUT2D eigenvalue weighted by atomic mass is 16.4. The van der Waals surface area contributed by atoms with Crippen molar-refractivity contribution in [2.75, 3.05) is 5.73 Å². The summed E-state index contributed by atoms with van der Waals surface area (Å²) in [6.07, 6.45) is 9.91. The molecule has 1 aromatic rings. The summed E-state index contributed by atoms with van der Waals surface area (Å²) in [5.41, 5.74) is 5.32. The zero-order chi connectivity index (χ0) is 10.9. The Morgan fingerprint density at radius 3 is 2.27 bits per heavy atom. The predicted molar refractivity (Wildman–Crippen MR) is 60.4 cm³/mol. The van der Waals surface area contributed by atoms with Crippen LogP contribution in [0.15, 0.2) is 4.42 Å². The summed E-state index contributed by atoms with van der Waals surface area (Å²) in [5, 5.41) is 7.44. The molecule has 15 heavy (non-hydrogen) atoms. The first kappa shape index (κ1) is 12.0. The number of unbranched alkanes of at least 4 members (excludes halogenated alkanes) is 6. The lowest BCUT2D eigenvalue weighted by atomic mass is 10.1. The van der Waals surface area contributed by atoms with Crippen LogP contribution in [0.25, 0.3) is 0 Å². The number of anilines is 1. The Kier molecular flexibility index (Phi) is 5.81. The van der Waals surface area contributed by atoms with Crippen LogP contribution < -0.4 is 5.73 Å². The third-order valence-corrected chi connectivity index (χ3v) is 2.48. The number of nitrogens with two attached hydrogens (primary N) is 1. The smallest absolute Gasteiger partial charge is 0.312 e. The van der Waals surface area contributed by atoms with Gasteiger partial charge in [-0.25, -0.2) is 0 Å². The highest BCUT2D eigenvalue weighted by Gasteiger charge is 2.01. The quantitative estimate of drug-likeness (QED) is 0.671. The number of aromatic nitrogens is 2. The predicted octanol–water partition coefficient (Wildman–Crippen LogP) is 2.94. The van der Waals surface area contributed by atoms with E-state index in [1.807, 2.05) is 0 Å². The lowest BCUT2D eigenvalue weighted by Gasteiger charge is -1.98. The average molecular weight is 211 g/mol. The summed E-state index contributed by atoms with van der Waals surface area (Å²) < 4.78 is 5.08. The van der Waals surface area contributed by atoms with Crippen molar-refractivity contribution in [2.45, 2.75) is 58.3 Å². The van der Waals surface area contributed by atoms with E-state index in [0.717, 1.165) is 12.8 Å². The first-order valence-corrected chi connectivity index (χ1v) is 5.90. The molecule has 0 saturated carbocycles. The molecule has 1 aromatic heterocycles. The van der Waals surface area contributed by atoms with Crippen molar-refractivity contribution >= 4 is 6.01 Å². The van der Waals surface area contributed by atoms with Crippen molar-refractivity contribution in [3.05, 3.63) is 5.89 Å². The second kappa shape index (κ2) is 7.26. The van der Waals surface area contributed by atoms with Crippen molar-refractivity contribution in [3.8, 4) is 0 Å². The largest absolute Gasteiger partial charge is 0.408 e. The minimum atomic E-state index is 0.174. The van der Waals surface area contributed by atoms with Gasteiger partial charge in [-0.2, -0.15) is 0 Å². The Labute approximate surface area is 91.3 Å². The van der Waals surface area contributed by atoms with E-state index in [2.05, 4.69) is 17.1 Å². The number of rotatable bonds is 8. The molecule has 0 aromatic carbocycles. The zero-order valence-corrected chi connectivity index (χ0v) is 9.54. The van der Waals surface area contributed by atoms with Crippen molar-refractivity contribution < 1.29 is 4.42 Å². The normalized spacial score (nSPS) is 10.7. The van der Waals surface area contributed by atoms with Gasteiger partial charge in [0.2, 0.25) is 5.89 Å². The second-order valence-corrected chi connectivity index (χ2v) is 3.91. The number of nitrogen functional groups attached to an aromatic ring is 1. The molecule has 0 unspecified atom stereocenters. The van der Waals surface area contributed by atoms with Crippen molar-refractivity contribution in [1.29, 1.82) is 0 Å². The highest BCUT2D eigenvalue weighted by molar-refractivity contribution is 5.04. The molecular weight excluding hydrogens is 190 g/mol. The lowest BCUT2D eigenvalue weighted by molar-refractivity contribution is 0.489. The maximum absolute atomic E-state index is 5.32. The Morgan fingerprint density at radius 1 is 1.00 bits per heavy atom. The number of hydrogen-bond acceptors (Lipinski definition) is 4. The van der Waals surface area contributed by atoms with Gasteiger partial charge in [0, 0.05) is 6.42 Å². The molecule has 0 aliphatic rings. The van der Waals surface area contributed by atoms with Crippen LogP contribution in [0.1, 0.15) is 57.8 Å². The van der Waals surface area contributed by atoms with Gasteiger partial charge in [0.15, 0.2) is 0 Å². The van der Waals surface area contributed by atoms with Crippen LogP contribution in [0.5, 0.6) is 0 Å². The molecule has 0 amide bonds. The van der Waals surface area contributed by atoms with E-state index in [4.69, 9.17) is 10.2 Å². The molecule has 0 fully saturated rings. The summed E-state index contributed by atoms with van der Waals surface area (Å²) in [7, 11) is 0. The molecule has 4 nitrogen and oxygen atoms in total. The third kappa shape index (κ3) is 5.40. The maximum atomic E-state index is 5.32. The van der Waals surface area contributed by atoms with Crippen LogP contribution in [0.2, 0.25) is 0 Å². The van der Waals surface area contributed by atoms with Crippen LogP contribution in [0.4, 0.5) is 6.01 Å². The molecule has 0 aliphatic heterocycles. The van der Waals surface area contributed by atoms with Crippen LogP contribution >= 0.6 is 0 Å². The Bertz CT molecular complexity index is 260. The van der Waals surface area contributed by atoms with Gasteiger partial charge in [0.1, 0.15) is 0 Å². The fourth-order valence-electron chi connectivity index (χ4n) is 1.60. The average Bonchev–Trinajstić information content (AvgIpc) is 2.63. The van der Waals surface area contributed by atoms with Crippen LogP contribution in [-0.2, 0) is 6.42 Å². The van der Waals surface area contributed by atoms with E-state index in [9.17, 15) is 0 Å². The molecule has 1 rings (SSSR count). The van der Waals surface area contributed by atoms with Crippen LogP contribution in [-0.4, -0.2) is 10.2 Å². The SMILES string of the molecule is CCCCCCCCCc1nnc(N)o1. The van der Waals surface area contributed by atoms with Gasteiger partial charge in [-0.15, -0.1) is 5.10 Å².